The Balaban J connectivity index is 1.79. The zero-order valence-corrected chi connectivity index (χ0v) is 16.3. The first-order valence-electron chi connectivity index (χ1n) is 8.77. The molecule has 1 saturated carbocycles. The van der Waals surface area contributed by atoms with Gasteiger partial charge in [-0.2, -0.15) is 0 Å². The molecule has 0 aromatic heterocycles. The van der Waals surface area contributed by atoms with Gasteiger partial charge < -0.3 is 9.64 Å². The average Bonchev–Trinajstić information content (AvgIpc) is 3.45. The molecule has 0 bridgehead atoms. The summed E-state index contributed by atoms with van der Waals surface area (Å²) in [5, 5.41) is 0.972. The number of morpholine rings is 1. The van der Waals surface area contributed by atoms with Crippen LogP contribution in [0.25, 0.3) is 0 Å². The maximum atomic E-state index is 12.6. The summed E-state index contributed by atoms with van der Waals surface area (Å²) in [6.07, 6.45) is 2.89. The quantitative estimate of drug-likeness (QED) is 0.726. The van der Waals surface area contributed by atoms with Crippen molar-refractivity contribution in [2.24, 2.45) is 0 Å². The molecule has 1 aliphatic carbocycles. The minimum absolute atomic E-state index is 0.00442. The van der Waals surface area contributed by atoms with Crippen LogP contribution in [0, 0.1) is 0 Å². The SMILES string of the molecule is CCC(CN(C)S(=O)C1CC1)N1C(=O)COCC1c1ccc(Cl)cc1. The molecule has 2 aliphatic rings. The van der Waals surface area contributed by atoms with Crippen LogP contribution in [0.1, 0.15) is 37.8 Å². The molecule has 3 unspecified atom stereocenters. The topological polar surface area (TPSA) is 49.9 Å². The first kappa shape index (κ1) is 18.8. The Kier molecular flexibility index (Phi) is 6.15. The maximum Gasteiger partial charge on any atom is 0.249 e. The molecule has 0 spiro atoms. The molecular formula is C18H25ClN2O3S. The van der Waals surface area contributed by atoms with Gasteiger partial charge in [0.2, 0.25) is 5.91 Å². The highest BCUT2D eigenvalue weighted by Gasteiger charge is 2.37. The van der Waals surface area contributed by atoms with E-state index in [-0.39, 0.29) is 24.6 Å². The molecule has 1 aromatic carbocycles. The van der Waals surface area contributed by atoms with E-state index < -0.39 is 11.0 Å². The second-order valence-corrected chi connectivity index (χ2v) is 9.01. The number of likely N-dealkylation sites (N-methyl/N-ethyl adjacent to an activating group) is 1. The van der Waals surface area contributed by atoms with Gasteiger partial charge >= 0.3 is 0 Å². The van der Waals surface area contributed by atoms with Crippen LogP contribution in [0.2, 0.25) is 5.02 Å². The Hall–Kier alpha value is -0.950. The Morgan fingerprint density at radius 2 is 2.04 bits per heavy atom. The molecule has 25 heavy (non-hydrogen) atoms. The smallest absolute Gasteiger partial charge is 0.249 e. The van der Waals surface area contributed by atoms with Crippen molar-refractivity contribution in [3.8, 4) is 0 Å². The van der Waals surface area contributed by atoms with Crippen molar-refractivity contribution in [1.82, 2.24) is 9.21 Å². The molecular weight excluding hydrogens is 360 g/mol. The number of benzene rings is 1. The lowest BCUT2D eigenvalue weighted by Gasteiger charge is -2.42. The van der Waals surface area contributed by atoms with Gasteiger partial charge in [0.15, 0.2) is 0 Å². The van der Waals surface area contributed by atoms with E-state index in [1.807, 2.05) is 40.5 Å². The molecule has 1 aromatic rings. The van der Waals surface area contributed by atoms with Crippen molar-refractivity contribution in [1.29, 1.82) is 0 Å². The van der Waals surface area contributed by atoms with Crippen LogP contribution in [-0.2, 0) is 20.5 Å². The monoisotopic (exact) mass is 384 g/mol. The number of carbonyl (C=O) groups excluding carboxylic acids is 1. The molecule has 1 aliphatic heterocycles. The maximum absolute atomic E-state index is 12.6. The largest absolute Gasteiger partial charge is 0.369 e. The van der Waals surface area contributed by atoms with Crippen LogP contribution in [0.3, 0.4) is 0 Å². The number of hydrogen-bond donors (Lipinski definition) is 0. The lowest BCUT2D eigenvalue weighted by Crippen LogP contribution is -2.53. The number of hydrogen-bond acceptors (Lipinski definition) is 3. The van der Waals surface area contributed by atoms with E-state index >= 15 is 0 Å². The van der Waals surface area contributed by atoms with E-state index in [2.05, 4.69) is 6.92 Å². The van der Waals surface area contributed by atoms with Gasteiger partial charge in [-0.05, 0) is 44.0 Å². The van der Waals surface area contributed by atoms with Crippen molar-refractivity contribution < 1.29 is 13.7 Å². The van der Waals surface area contributed by atoms with Crippen molar-refractivity contribution in [3.05, 3.63) is 34.9 Å². The fraction of sp³-hybridized carbons (Fsp3) is 0.611. The van der Waals surface area contributed by atoms with Crippen LogP contribution in [0.15, 0.2) is 24.3 Å². The van der Waals surface area contributed by atoms with Crippen molar-refractivity contribution >= 4 is 28.5 Å². The van der Waals surface area contributed by atoms with Gasteiger partial charge in [-0.1, -0.05) is 30.7 Å². The third kappa shape index (κ3) is 4.42. The van der Waals surface area contributed by atoms with Crippen LogP contribution in [0.4, 0.5) is 0 Å². The van der Waals surface area contributed by atoms with Gasteiger partial charge in [-0.3, -0.25) is 4.79 Å². The molecule has 2 fully saturated rings. The highest BCUT2D eigenvalue weighted by atomic mass is 35.5. The van der Waals surface area contributed by atoms with Crippen molar-refractivity contribution in [3.63, 3.8) is 0 Å². The van der Waals surface area contributed by atoms with Crippen LogP contribution in [0.5, 0.6) is 0 Å². The zero-order chi connectivity index (χ0) is 18.0. The van der Waals surface area contributed by atoms with Gasteiger partial charge in [0.05, 0.1) is 23.6 Å². The highest BCUT2D eigenvalue weighted by molar-refractivity contribution is 7.83. The van der Waals surface area contributed by atoms with E-state index in [4.69, 9.17) is 16.3 Å². The van der Waals surface area contributed by atoms with Gasteiger partial charge in [0.25, 0.3) is 0 Å². The average molecular weight is 385 g/mol. The summed E-state index contributed by atoms with van der Waals surface area (Å²) in [5.41, 5.74) is 1.02. The standard InChI is InChI=1S/C18H25ClN2O3S/c1-3-15(10-20(2)25(23)16-8-9-16)21-17(11-24-12-18(21)22)13-4-6-14(19)7-5-13/h4-7,15-17H,3,8-12H2,1-2H3. The fourth-order valence-electron chi connectivity index (χ4n) is 3.29. The third-order valence-corrected chi connectivity index (χ3v) is 6.89. The Bertz CT molecular complexity index is 636. The lowest BCUT2D eigenvalue weighted by atomic mass is 10.0. The van der Waals surface area contributed by atoms with Crippen LogP contribution in [-0.4, -0.2) is 57.4 Å². The molecule has 1 saturated heterocycles. The molecule has 1 amide bonds. The molecule has 138 valence electrons. The summed E-state index contributed by atoms with van der Waals surface area (Å²) in [7, 11) is 0.933. The number of carbonyl (C=O) groups is 1. The summed E-state index contributed by atoms with van der Waals surface area (Å²) in [5.74, 6) is -0.0105. The number of amides is 1. The molecule has 7 heteroatoms. The third-order valence-electron chi connectivity index (χ3n) is 4.83. The first-order valence-corrected chi connectivity index (χ1v) is 10.3. The minimum atomic E-state index is -0.955. The number of nitrogens with zero attached hydrogens (tertiary/aromatic N) is 2. The number of ether oxygens (including phenoxy) is 1. The van der Waals surface area contributed by atoms with E-state index in [9.17, 15) is 9.00 Å². The zero-order valence-electron chi connectivity index (χ0n) is 14.7. The summed E-state index contributed by atoms with van der Waals surface area (Å²) in [6, 6.07) is 7.44. The lowest BCUT2D eigenvalue weighted by molar-refractivity contribution is -0.152. The predicted molar refractivity (Wildman–Crippen MR) is 99.7 cm³/mol. The van der Waals surface area contributed by atoms with E-state index in [0.717, 1.165) is 24.8 Å². The Morgan fingerprint density at radius 1 is 1.36 bits per heavy atom. The summed E-state index contributed by atoms with van der Waals surface area (Å²) in [4.78, 5) is 14.5. The van der Waals surface area contributed by atoms with Gasteiger partial charge in [-0.25, -0.2) is 8.51 Å². The van der Waals surface area contributed by atoms with Gasteiger partial charge in [0, 0.05) is 22.9 Å². The fourth-order valence-corrected chi connectivity index (χ4v) is 4.79. The number of rotatable bonds is 7. The van der Waals surface area contributed by atoms with E-state index in [1.54, 1.807) is 0 Å². The molecule has 3 rings (SSSR count). The van der Waals surface area contributed by atoms with Gasteiger partial charge in [0.1, 0.15) is 6.61 Å². The minimum Gasteiger partial charge on any atom is -0.369 e. The van der Waals surface area contributed by atoms with Crippen LogP contribution >= 0.6 is 11.6 Å². The van der Waals surface area contributed by atoms with Crippen LogP contribution < -0.4 is 0 Å². The normalized spacial score (nSPS) is 23.8. The Morgan fingerprint density at radius 3 is 2.64 bits per heavy atom. The number of halogens is 1. The van der Waals surface area contributed by atoms with Crippen molar-refractivity contribution in [2.75, 3.05) is 26.8 Å². The summed E-state index contributed by atoms with van der Waals surface area (Å²) < 4.78 is 19.8. The molecule has 3 atom stereocenters. The Labute approximate surface area is 156 Å². The summed E-state index contributed by atoms with van der Waals surface area (Å²) >= 11 is 5.99. The molecule has 0 N–H and O–H groups in total. The second-order valence-electron chi connectivity index (χ2n) is 6.73. The van der Waals surface area contributed by atoms with Crippen molar-refractivity contribution in [2.45, 2.75) is 43.5 Å². The molecule has 5 nitrogen and oxygen atoms in total. The highest BCUT2D eigenvalue weighted by Crippen LogP contribution is 2.31. The molecule has 0 radical (unpaired) electrons. The molecule has 1 heterocycles. The second kappa shape index (κ2) is 8.16. The van der Waals surface area contributed by atoms with E-state index in [1.165, 1.54) is 0 Å². The first-order chi connectivity index (χ1) is 12.0. The van der Waals surface area contributed by atoms with E-state index in [0.29, 0.717) is 23.4 Å². The summed E-state index contributed by atoms with van der Waals surface area (Å²) in [6.45, 7) is 3.25. The predicted octanol–water partition coefficient (Wildman–Crippen LogP) is 2.78. The van der Waals surface area contributed by atoms with Gasteiger partial charge in [-0.15, -0.1) is 0 Å².